The summed E-state index contributed by atoms with van der Waals surface area (Å²) in [5.41, 5.74) is 0. The molecule has 0 rings (SSSR count). The normalized spacial score (nSPS) is 11.4. The molecule has 3 atom stereocenters. The molecule has 0 aliphatic carbocycles. The molecule has 0 aromatic rings. The van der Waals surface area contributed by atoms with E-state index in [1.165, 1.54) is 0 Å². The topological polar surface area (TPSA) is 191 Å². The van der Waals surface area contributed by atoms with E-state index in [-0.39, 0.29) is 18.8 Å². The van der Waals surface area contributed by atoms with Gasteiger partial charge in [-0.25, -0.2) is 14.4 Å². The number of aliphatic hydroxyl groups is 3. The van der Waals surface area contributed by atoms with Gasteiger partial charge in [-0.2, -0.15) is 0 Å². The predicted octanol–water partition coefficient (Wildman–Crippen LogP) is 1.72. The van der Waals surface area contributed by atoms with Crippen molar-refractivity contribution in [3.8, 4) is 0 Å². The van der Waals surface area contributed by atoms with Gasteiger partial charge in [0.1, 0.15) is 0 Å². The standard InChI is InChI=1S/C9H20O4.C4H10O.3C3H4O2/c1-7(11)5-12-9(3)6-13-8(2)4-10;1-2-3-4-5;3*1-2-3(4)5/h7-11H,4-6H2,1-3H3;5H,2-4H2,1H3;3*2H,1H2,(H,4,5). The van der Waals surface area contributed by atoms with E-state index in [0.29, 0.717) is 19.8 Å². The maximum absolute atomic E-state index is 9.25. The van der Waals surface area contributed by atoms with Crippen LogP contribution in [-0.2, 0) is 23.9 Å². The molecular formula is C22H42O11. The molecule has 0 spiro atoms. The quantitative estimate of drug-likeness (QED) is 0.222. The summed E-state index contributed by atoms with van der Waals surface area (Å²) >= 11 is 0. The van der Waals surface area contributed by atoms with Gasteiger partial charge in [-0.15, -0.1) is 0 Å². The van der Waals surface area contributed by atoms with Crippen LogP contribution in [0.25, 0.3) is 0 Å². The van der Waals surface area contributed by atoms with E-state index in [1.807, 2.05) is 6.92 Å². The SMILES string of the molecule is C=CC(=O)O.C=CC(=O)O.C=CC(=O)O.CC(O)COC(C)COC(C)CO.CCCCO. The fraction of sp³-hybridized carbons (Fsp3) is 0.591. The lowest BCUT2D eigenvalue weighted by Crippen LogP contribution is -2.24. The molecule has 0 aliphatic rings. The van der Waals surface area contributed by atoms with Gasteiger partial charge in [-0.1, -0.05) is 33.1 Å². The summed E-state index contributed by atoms with van der Waals surface area (Å²) in [7, 11) is 0. The lowest BCUT2D eigenvalue weighted by Gasteiger charge is -2.16. The van der Waals surface area contributed by atoms with Gasteiger partial charge in [-0.05, 0) is 27.2 Å². The number of carbonyl (C=O) groups is 3. The molecule has 0 aliphatic heterocycles. The number of aliphatic hydroxyl groups excluding tert-OH is 3. The van der Waals surface area contributed by atoms with Crippen LogP contribution in [0.4, 0.5) is 0 Å². The molecular weight excluding hydrogens is 440 g/mol. The van der Waals surface area contributed by atoms with Gasteiger partial charge in [0.25, 0.3) is 0 Å². The number of rotatable bonds is 12. The third-order valence-corrected chi connectivity index (χ3v) is 2.53. The van der Waals surface area contributed by atoms with E-state index in [4.69, 9.17) is 40.1 Å². The number of carboxylic acid groups (broad SMARTS) is 3. The Hall–Kier alpha value is -2.57. The number of ether oxygens (including phenoxy) is 2. The molecule has 0 bridgehead atoms. The number of carboxylic acids is 3. The monoisotopic (exact) mass is 482 g/mol. The molecule has 0 heterocycles. The van der Waals surface area contributed by atoms with E-state index in [0.717, 1.165) is 31.1 Å². The predicted molar refractivity (Wildman–Crippen MR) is 125 cm³/mol. The Morgan fingerprint density at radius 3 is 1.30 bits per heavy atom. The van der Waals surface area contributed by atoms with Gasteiger partial charge in [-0.3, -0.25) is 0 Å². The average molecular weight is 483 g/mol. The van der Waals surface area contributed by atoms with Crippen LogP contribution < -0.4 is 0 Å². The van der Waals surface area contributed by atoms with Crippen molar-refractivity contribution in [3.05, 3.63) is 38.0 Å². The third-order valence-electron chi connectivity index (χ3n) is 2.53. The molecule has 0 aromatic carbocycles. The van der Waals surface area contributed by atoms with Crippen LogP contribution >= 0.6 is 0 Å². The smallest absolute Gasteiger partial charge is 0.327 e. The zero-order valence-electron chi connectivity index (χ0n) is 20.1. The first-order valence-electron chi connectivity index (χ1n) is 9.98. The molecule has 0 amide bonds. The Bertz CT molecular complexity index is 446. The Kier molecular flexibility index (Phi) is 42.1. The van der Waals surface area contributed by atoms with Crippen LogP contribution in [0.5, 0.6) is 0 Å². The van der Waals surface area contributed by atoms with Crippen LogP contribution in [0.1, 0.15) is 40.5 Å². The number of hydrogen-bond donors (Lipinski definition) is 6. The van der Waals surface area contributed by atoms with Gasteiger partial charge >= 0.3 is 17.9 Å². The second kappa shape index (κ2) is 34.1. The summed E-state index contributed by atoms with van der Waals surface area (Å²) in [5, 5.41) is 48.5. The van der Waals surface area contributed by atoms with Crippen molar-refractivity contribution < 1.29 is 54.5 Å². The van der Waals surface area contributed by atoms with E-state index in [2.05, 4.69) is 26.7 Å². The zero-order chi connectivity index (χ0) is 27.2. The van der Waals surface area contributed by atoms with E-state index in [1.54, 1.807) is 13.8 Å². The van der Waals surface area contributed by atoms with Crippen molar-refractivity contribution in [1.29, 1.82) is 0 Å². The summed E-state index contributed by atoms with van der Waals surface area (Å²) in [4.78, 5) is 27.8. The maximum atomic E-state index is 9.25. The first-order valence-corrected chi connectivity index (χ1v) is 9.98. The van der Waals surface area contributed by atoms with Gasteiger partial charge in [0.05, 0.1) is 38.1 Å². The van der Waals surface area contributed by atoms with E-state index >= 15 is 0 Å². The summed E-state index contributed by atoms with van der Waals surface area (Å²) in [5.74, 6) is -2.94. The second-order valence-electron chi connectivity index (χ2n) is 6.02. The molecule has 0 fully saturated rings. The molecule has 0 radical (unpaired) electrons. The summed E-state index contributed by atoms with van der Waals surface area (Å²) in [6, 6.07) is 0. The lowest BCUT2D eigenvalue weighted by molar-refractivity contribution is -0.132. The van der Waals surface area contributed by atoms with Crippen LogP contribution in [0, 0.1) is 0 Å². The molecule has 11 heteroatoms. The highest BCUT2D eigenvalue weighted by Gasteiger charge is 2.07. The molecule has 0 saturated carbocycles. The van der Waals surface area contributed by atoms with Crippen molar-refractivity contribution in [2.24, 2.45) is 0 Å². The Balaban J connectivity index is -0.000000109. The van der Waals surface area contributed by atoms with Gasteiger partial charge < -0.3 is 40.1 Å². The highest BCUT2D eigenvalue weighted by molar-refractivity contribution is 5.79. The minimum Gasteiger partial charge on any atom is -0.478 e. The van der Waals surface area contributed by atoms with Crippen molar-refractivity contribution in [2.45, 2.75) is 58.8 Å². The largest absolute Gasteiger partial charge is 0.478 e. The van der Waals surface area contributed by atoms with E-state index in [9.17, 15) is 14.4 Å². The average Bonchev–Trinajstić information content (AvgIpc) is 2.77. The first kappa shape index (κ1) is 40.8. The summed E-state index contributed by atoms with van der Waals surface area (Å²) in [6.07, 6.45) is 3.88. The Morgan fingerprint density at radius 2 is 1.12 bits per heavy atom. The van der Waals surface area contributed by atoms with Crippen molar-refractivity contribution in [2.75, 3.05) is 26.4 Å². The van der Waals surface area contributed by atoms with Crippen LogP contribution in [-0.4, -0.2) is 93.3 Å². The molecule has 196 valence electrons. The molecule has 6 N–H and O–H groups in total. The second-order valence-corrected chi connectivity index (χ2v) is 6.02. The summed E-state index contributed by atoms with van der Waals surface area (Å²) < 4.78 is 10.5. The minimum atomic E-state index is -0.981. The lowest BCUT2D eigenvalue weighted by atomic mass is 10.4. The van der Waals surface area contributed by atoms with Gasteiger partial charge in [0.2, 0.25) is 0 Å². The number of hydrogen-bond acceptors (Lipinski definition) is 8. The Morgan fingerprint density at radius 1 is 0.788 bits per heavy atom. The zero-order valence-corrected chi connectivity index (χ0v) is 20.1. The fourth-order valence-electron chi connectivity index (χ4n) is 0.862. The van der Waals surface area contributed by atoms with Crippen LogP contribution in [0.2, 0.25) is 0 Å². The van der Waals surface area contributed by atoms with Crippen molar-refractivity contribution in [3.63, 3.8) is 0 Å². The van der Waals surface area contributed by atoms with Gasteiger partial charge in [0.15, 0.2) is 0 Å². The molecule has 3 unspecified atom stereocenters. The molecule has 11 nitrogen and oxygen atoms in total. The third kappa shape index (κ3) is 72.9. The van der Waals surface area contributed by atoms with Crippen molar-refractivity contribution in [1.82, 2.24) is 0 Å². The molecule has 0 saturated heterocycles. The van der Waals surface area contributed by atoms with Crippen molar-refractivity contribution >= 4 is 17.9 Å². The maximum Gasteiger partial charge on any atom is 0.327 e. The fourth-order valence-corrected chi connectivity index (χ4v) is 0.862. The van der Waals surface area contributed by atoms with Crippen LogP contribution in [0.3, 0.4) is 0 Å². The molecule has 33 heavy (non-hydrogen) atoms. The minimum absolute atomic E-state index is 0.0170. The number of unbranched alkanes of at least 4 members (excludes halogenated alkanes) is 1. The molecule has 0 aromatic heterocycles. The van der Waals surface area contributed by atoms with E-state index < -0.39 is 24.0 Å². The highest BCUT2D eigenvalue weighted by Crippen LogP contribution is 1.97. The first-order chi connectivity index (χ1) is 15.3. The summed E-state index contributed by atoms with van der Waals surface area (Å²) in [6.45, 7) is 17.4. The van der Waals surface area contributed by atoms with Gasteiger partial charge in [0, 0.05) is 24.8 Å². The highest BCUT2D eigenvalue weighted by atomic mass is 16.5. The van der Waals surface area contributed by atoms with Crippen LogP contribution in [0.15, 0.2) is 38.0 Å². The Labute approximate surface area is 196 Å². The number of aliphatic carboxylic acids is 3.